The van der Waals surface area contributed by atoms with Crippen molar-refractivity contribution in [3.05, 3.63) is 11.3 Å². The van der Waals surface area contributed by atoms with Gasteiger partial charge in [0, 0.05) is 5.70 Å². The van der Waals surface area contributed by atoms with Crippen LogP contribution in [0.4, 0.5) is 0 Å². The molecule has 1 fully saturated rings. The second-order valence-corrected chi connectivity index (χ2v) is 5.04. The van der Waals surface area contributed by atoms with Gasteiger partial charge in [-0.15, -0.1) is 12.6 Å². The average Bonchev–Trinajstić information content (AvgIpc) is 2.63. The molecule has 9 heteroatoms. The van der Waals surface area contributed by atoms with Crippen LogP contribution in [-0.2, 0) is 14.4 Å². The minimum atomic E-state index is -0.760. The van der Waals surface area contributed by atoms with E-state index < -0.39 is 18.2 Å². The molecule has 1 heterocycles. The zero-order valence-electron chi connectivity index (χ0n) is 15.4. The molecule has 0 spiro atoms. The molecule has 0 aromatic heterocycles. The summed E-state index contributed by atoms with van der Waals surface area (Å²) in [7, 11) is 0. The van der Waals surface area contributed by atoms with E-state index in [0.717, 1.165) is 12.1 Å². The van der Waals surface area contributed by atoms with E-state index in [4.69, 9.17) is 15.9 Å². The van der Waals surface area contributed by atoms with Crippen molar-refractivity contribution in [3.63, 3.8) is 0 Å². The molecule has 0 saturated carbocycles. The van der Waals surface area contributed by atoms with Gasteiger partial charge in [-0.2, -0.15) is 5.90 Å². The maximum absolute atomic E-state index is 10.0. The Labute approximate surface area is 150 Å². The maximum atomic E-state index is 10.0. The third-order valence-corrected chi connectivity index (χ3v) is 3.63. The first-order valence-corrected chi connectivity index (χ1v) is 8.04. The number of hydrogen-bond donors (Lipinski definition) is 5. The smallest absolute Gasteiger partial charge is 0.341 e. The van der Waals surface area contributed by atoms with E-state index in [2.05, 4.69) is 30.3 Å². The zero-order valence-corrected chi connectivity index (χ0v) is 16.3. The molecule has 6 N–H and O–H groups in total. The predicted octanol–water partition coefficient (Wildman–Crippen LogP) is 1.19. The van der Waals surface area contributed by atoms with Crippen molar-refractivity contribution in [1.29, 1.82) is 5.41 Å². The summed E-state index contributed by atoms with van der Waals surface area (Å²) >= 11 is 4.21. The van der Waals surface area contributed by atoms with Crippen LogP contribution in [0.1, 0.15) is 48.0 Å². The normalized spacial score (nSPS) is 20.4. The second-order valence-electron chi connectivity index (χ2n) is 4.55. The topological polar surface area (TPSA) is 143 Å². The minimum Gasteiger partial charge on any atom is -0.372 e. The van der Waals surface area contributed by atoms with Crippen LogP contribution < -0.4 is 11.6 Å². The molecule has 3 atom stereocenters. The molecule has 142 valence electrons. The summed E-state index contributed by atoms with van der Waals surface area (Å²) in [6.07, 6.45) is 0.201. The molecule has 1 saturated heterocycles. The first kappa shape index (κ1) is 27.4. The van der Waals surface area contributed by atoms with Gasteiger partial charge in [0.15, 0.2) is 6.23 Å². The maximum Gasteiger partial charge on any atom is 0.341 e. The third-order valence-electron chi connectivity index (χ3n) is 3.11. The van der Waals surface area contributed by atoms with E-state index in [1.807, 2.05) is 34.5 Å². The van der Waals surface area contributed by atoms with Gasteiger partial charge in [0.1, 0.15) is 18.2 Å². The third kappa shape index (κ3) is 8.44. The number of thiol groups is 1. The summed E-state index contributed by atoms with van der Waals surface area (Å²) in [6.45, 7) is 13.6. The Morgan fingerprint density at radius 2 is 1.88 bits per heavy atom. The van der Waals surface area contributed by atoms with Crippen LogP contribution >= 0.6 is 12.6 Å². The van der Waals surface area contributed by atoms with Gasteiger partial charge in [0.05, 0.1) is 5.71 Å². The van der Waals surface area contributed by atoms with Gasteiger partial charge in [0.2, 0.25) is 0 Å². The molecule has 0 bridgehead atoms. The summed E-state index contributed by atoms with van der Waals surface area (Å²) in [5, 5.41) is 16.6. The lowest BCUT2D eigenvalue weighted by Gasteiger charge is -2.46. The number of likely N-dealkylation sites (tertiary alicyclic amines) is 1. The van der Waals surface area contributed by atoms with Crippen molar-refractivity contribution in [2.45, 2.75) is 65.6 Å². The van der Waals surface area contributed by atoms with Crippen LogP contribution in [0.25, 0.3) is 0 Å². The van der Waals surface area contributed by atoms with Gasteiger partial charge in [0.25, 0.3) is 0 Å². The number of carbonyl (C=O) groups is 2. The molecule has 1 aliphatic heterocycles. The lowest BCUT2D eigenvalue weighted by molar-refractivity contribution is -0.145. The fourth-order valence-electron chi connectivity index (χ4n) is 1.44. The number of nitrogens with one attached hydrogen (secondary N) is 1. The van der Waals surface area contributed by atoms with Gasteiger partial charge < -0.3 is 30.8 Å². The van der Waals surface area contributed by atoms with Gasteiger partial charge in [-0.25, -0.2) is 4.79 Å². The first-order chi connectivity index (χ1) is 11.2. The van der Waals surface area contributed by atoms with Crippen LogP contribution in [-0.4, -0.2) is 46.1 Å². The molecule has 3 unspecified atom stereocenters. The van der Waals surface area contributed by atoms with Crippen LogP contribution in [0.2, 0.25) is 0 Å². The fourth-order valence-corrected chi connectivity index (χ4v) is 1.87. The summed E-state index contributed by atoms with van der Waals surface area (Å²) in [5.41, 5.74) is 7.54. The molecule has 0 aromatic rings. The number of rotatable bonds is 3. The van der Waals surface area contributed by atoms with Gasteiger partial charge in [-0.3, -0.25) is 0 Å². The van der Waals surface area contributed by atoms with Crippen LogP contribution in [0, 0.1) is 5.41 Å². The molecule has 0 radical (unpaired) electrons. The summed E-state index contributed by atoms with van der Waals surface area (Å²) in [6, 6.07) is -0.620. The number of carbonyl (C=O) groups excluding carboxylic acids is 2. The van der Waals surface area contributed by atoms with Crippen LogP contribution in [0.15, 0.2) is 11.3 Å². The largest absolute Gasteiger partial charge is 0.372 e. The van der Waals surface area contributed by atoms with E-state index in [9.17, 15) is 9.90 Å². The number of aliphatic hydroxyl groups is 1. The van der Waals surface area contributed by atoms with E-state index in [1.165, 1.54) is 12.5 Å². The average molecular weight is 365 g/mol. The minimum absolute atomic E-state index is 0.239. The summed E-state index contributed by atoms with van der Waals surface area (Å²) in [5.74, 6) is 3.85. The lowest BCUT2D eigenvalue weighted by atomic mass is 10.1. The lowest BCUT2D eigenvalue weighted by Crippen LogP contribution is -2.61. The SMILES string of the molecule is C=O.CC.CC(N)C(=O)ON.CC/C(C)=C(/C)N1C(O)C(=N)C1S. The van der Waals surface area contributed by atoms with Crippen molar-refractivity contribution in [2.75, 3.05) is 0 Å². The van der Waals surface area contributed by atoms with Crippen molar-refractivity contribution >= 4 is 31.1 Å². The Kier molecular flexibility index (Phi) is 17.3. The second kappa shape index (κ2) is 15.1. The Morgan fingerprint density at radius 1 is 1.46 bits per heavy atom. The Bertz CT molecular complexity index is 404. The molecule has 0 aromatic carbocycles. The van der Waals surface area contributed by atoms with Crippen LogP contribution in [0.5, 0.6) is 0 Å². The molecular formula is C15H32N4O4S. The molecular weight excluding hydrogens is 332 g/mol. The van der Waals surface area contributed by atoms with Crippen molar-refractivity contribution in [1.82, 2.24) is 4.90 Å². The molecule has 24 heavy (non-hydrogen) atoms. The Hall–Kier alpha value is -1.42. The quantitative estimate of drug-likeness (QED) is 0.374. The standard InChI is InChI=1S/C9H16N2OS.C3H8N2O2.C2H6.CH2O/c1-4-5(2)6(3)11-8(12)7(10)9(11)13;1-2(4)3(6)7-5;2*1-2/h8-10,12-13H,4H2,1-3H3;2H,4-5H2,1H3;1-2H3;1H2/b6-5-,10-7?;;;. The summed E-state index contributed by atoms with van der Waals surface area (Å²) < 4.78 is 0. The number of aliphatic hydroxyl groups excluding tert-OH is 1. The highest BCUT2D eigenvalue weighted by Crippen LogP contribution is 2.29. The van der Waals surface area contributed by atoms with Crippen molar-refractivity contribution in [2.24, 2.45) is 11.6 Å². The molecule has 1 rings (SSSR count). The van der Waals surface area contributed by atoms with Gasteiger partial charge >= 0.3 is 5.97 Å². The number of nitrogens with zero attached hydrogens (tertiary/aromatic N) is 1. The summed E-state index contributed by atoms with van der Waals surface area (Å²) in [4.78, 5) is 23.5. The highest BCUT2D eigenvalue weighted by molar-refractivity contribution is 7.81. The van der Waals surface area contributed by atoms with Crippen molar-refractivity contribution in [3.8, 4) is 0 Å². The Balaban J connectivity index is -0.000000341. The molecule has 8 nitrogen and oxygen atoms in total. The molecule has 1 aliphatic rings. The van der Waals surface area contributed by atoms with Crippen molar-refractivity contribution < 1.29 is 19.5 Å². The molecule has 0 amide bonds. The number of allylic oxidation sites excluding steroid dienone is 2. The molecule has 0 aliphatic carbocycles. The fraction of sp³-hybridized carbons (Fsp3) is 0.667. The van der Waals surface area contributed by atoms with E-state index in [-0.39, 0.29) is 11.1 Å². The van der Waals surface area contributed by atoms with E-state index in [1.54, 1.807) is 4.90 Å². The van der Waals surface area contributed by atoms with E-state index in [0.29, 0.717) is 0 Å². The van der Waals surface area contributed by atoms with Crippen LogP contribution in [0.3, 0.4) is 0 Å². The Morgan fingerprint density at radius 3 is 2.08 bits per heavy atom. The highest BCUT2D eigenvalue weighted by Gasteiger charge is 2.41. The number of nitrogens with two attached hydrogens (primary N) is 2. The first-order valence-electron chi connectivity index (χ1n) is 7.53. The zero-order chi connectivity index (χ0) is 20.0. The monoisotopic (exact) mass is 364 g/mol. The highest BCUT2D eigenvalue weighted by atomic mass is 32.1. The predicted molar refractivity (Wildman–Crippen MR) is 99.4 cm³/mol. The number of hydrogen-bond acceptors (Lipinski definition) is 9. The van der Waals surface area contributed by atoms with Gasteiger partial charge in [-0.1, -0.05) is 26.3 Å². The van der Waals surface area contributed by atoms with E-state index >= 15 is 0 Å². The van der Waals surface area contributed by atoms with Gasteiger partial charge in [-0.05, 0) is 27.2 Å².